The highest BCUT2D eigenvalue weighted by Gasteiger charge is 2.22. The molecule has 2 aromatic carbocycles. The minimum absolute atomic E-state index is 0.0242. The van der Waals surface area contributed by atoms with Crippen molar-refractivity contribution in [3.8, 4) is 11.5 Å². The second-order valence-corrected chi connectivity index (χ2v) is 7.44. The summed E-state index contributed by atoms with van der Waals surface area (Å²) in [6.45, 7) is 0.133. The van der Waals surface area contributed by atoms with Gasteiger partial charge in [-0.2, -0.15) is 0 Å². The van der Waals surface area contributed by atoms with Crippen LogP contribution in [-0.2, 0) is 14.8 Å². The topological polar surface area (TPSA) is 84.9 Å². The molecule has 0 atom stereocenters. The zero-order chi connectivity index (χ0) is 17.9. The standard InChI is InChI=1S/C17H18N2O5S/c1-25(21,22)19(14-7-8-15-16(11-14)24-12-23-15)10-9-17(20)18-13-5-3-2-4-6-13/h2-8,11H,9-10,12H2,1H3,(H,18,20). The third kappa shape index (κ3) is 4.21. The Morgan fingerprint density at radius 2 is 1.84 bits per heavy atom. The molecule has 0 unspecified atom stereocenters. The average molecular weight is 362 g/mol. The lowest BCUT2D eigenvalue weighted by atomic mass is 10.2. The summed E-state index contributed by atoms with van der Waals surface area (Å²) in [6.07, 6.45) is 1.13. The monoisotopic (exact) mass is 362 g/mol. The first-order chi connectivity index (χ1) is 11.9. The number of para-hydroxylation sites is 1. The van der Waals surface area contributed by atoms with Crippen molar-refractivity contribution < 1.29 is 22.7 Å². The van der Waals surface area contributed by atoms with E-state index in [1.54, 1.807) is 30.3 Å². The van der Waals surface area contributed by atoms with E-state index in [9.17, 15) is 13.2 Å². The Kier molecular flexibility index (Phi) is 4.80. The number of sulfonamides is 1. The third-order valence-corrected chi connectivity index (χ3v) is 4.84. The van der Waals surface area contributed by atoms with E-state index in [-0.39, 0.29) is 25.7 Å². The average Bonchev–Trinajstić information content (AvgIpc) is 3.02. The second kappa shape index (κ2) is 7.02. The number of fused-ring (bicyclic) bond motifs is 1. The number of nitrogens with zero attached hydrogens (tertiary/aromatic N) is 1. The van der Waals surface area contributed by atoms with Crippen molar-refractivity contribution in [2.75, 3.05) is 29.2 Å². The number of rotatable bonds is 6. The highest BCUT2D eigenvalue weighted by atomic mass is 32.2. The van der Waals surface area contributed by atoms with Gasteiger partial charge in [0.25, 0.3) is 0 Å². The molecule has 1 N–H and O–H groups in total. The molecule has 2 aromatic rings. The minimum atomic E-state index is -3.55. The number of amides is 1. The Balaban J connectivity index is 1.71. The normalized spacial score (nSPS) is 12.7. The first-order valence-electron chi connectivity index (χ1n) is 7.66. The van der Waals surface area contributed by atoms with Crippen molar-refractivity contribution >= 4 is 27.3 Å². The maximum Gasteiger partial charge on any atom is 0.232 e. The molecule has 0 bridgehead atoms. The van der Waals surface area contributed by atoms with Crippen LogP contribution in [0.5, 0.6) is 11.5 Å². The van der Waals surface area contributed by atoms with Crippen molar-refractivity contribution in [3.05, 3.63) is 48.5 Å². The summed E-state index contributed by atoms with van der Waals surface area (Å²) in [6, 6.07) is 13.9. The van der Waals surface area contributed by atoms with Crippen LogP contribution in [0.1, 0.15) is 6.42 Å². The summed E-state index contributed by atoms with van der Waals surface area (Å²) in [5, 5.41) is 2.74. The summed E-state index contributed by atoms with van der Waals surface area (Å²) in [5.41, 5.74) is 1.10. The number of hydrogen-bond acceptors (Lipinski definition) is 5. The number of carbonyl (C=O) groups excluding carboxylic acids is 1. The van der Waals surface area contributed by atoms with Gasteiger partial charge in [0.1, 0.15) is 0 Å². The zero-order valence-corrected chi connectivity index (χ0v) is 14.5. The SMILES string of the molecule is CS(=O)(=O)N(CCC(=O)Nc1ccccc1)c1ccc2c(c1)OCO2. The molecular formula is C17H18N2O5S. The molecule has 3 rings (SSSR count). The molecular weight excluding hydrogens is 344 g/mol. The molecule has 0 saturated heterocycles. The van der Waals surface area contributed by atoms with Gasteiger partial charge < -0.3 is 14.8 Å². The van der Waals surface area contributed by atoms with Crippen LogP contribution in [0.3, 0.4) is 0 Å². The molecule has 1 aliphatic rings. The van der Waals surface area contributed by atoms with E-state index in [1.165, 1.54) is 4.31 Å². The zero-order valence-electron chi connectivity index (χ0n) is 13.6. The Labute approximate surface area is 146 Å². The molecule has 1 heterocycles. The smallest absolute Gasteiger partial charge is 0.232 e. The van der Waals surface area contributed by atoms with E-state index in [4.69, 9.17) is 9.47 Å². The predicted molar refractivity (Wildman–Crippen MR) is 94.4 cm³/mol. The second-order valence-electron chi connectivity index (χ2n) is 5.54. The number of benzene rings is 2. The van der Waals surface area contributed by atoms with Crippen LogP contribution in [0.25, 0.3) is 0 Å². The summed E-state index contributed by atoms with van der Waals surface area (Å²) in [7, 11) is -3.55. The molecule has 0 spiro atoms. The highest BCUT2D eigenvalue weighted by Crippen LogP contribution is 2.36. The largest absolute Gasteiger partial charge is 0.454 e. The summed E-state index contributed by atoms with van der Waals surface area (Å²) in [5.74, 6) is 0.791. The van der Waals surface area contributed by atoms with Crippen molar-refractivity contribution in [1.82, 2.24) is 0 Å². The van der Waals surface area contributed by atoms with Gasteiger partial charge >= 0.3 is 0 Å². The fourth-order valence-corrected chi connectivity index (χ4v) is 3.39. The highest BCUT2D eigenvalue weighted by molar-refractivity contribution is 7.92. The lowest BCUT2D eigenvalue weighted by molar-refractivity contribution is -0.116. The Morgan fingerprint density at radius 1 is 1.12 bits per heavy atom. The van der Waals surface area contributed by atoms with Crippen LogP contribution in [0.15, 0.2) is 48.5 Å². The van der Waals surface area contributed by atoms with Crippen molar-refractivity contribution in [1.29, 1.82) is 0 Å². The summed E-state index contributed by atoms with van der Waals surface area (Å²) in [4.78, 5) is 12.1. The fraction of sp³-hybridized carbons (Fsp3) is 0.235. The minimum Gasteiger partial charge on any atom is -0.454 e. The van der Waals surface area contributed by atoms with Crippen LogP contribution in [0, 0.1) is 0 Å². The van der Waals surface area contributed by atoms with Crippen molar-refractivity contribution in [2.24, 2.45) is 0 Å². The van der Waals surface area contributed by atoms with Crippen LogP contribution < -0.4 is 19.1 Å². The first-order valence-corrected chi connectivity index (χ1v) is 9.50. The molecule has 8 heteroatoms. The van der Waals surface area contributed by atoms with E-state index >= 15 is 0 Å². The Hall–Kier alpha value is -2.74. The number of carbonyl (C=O) groups is 1. The maximum absolute atomic E-state index is 12.1. The molecule has 132 valence electrons. The molecule has 1 aliphatic heterocycles. The summed E-state index contributed by atoms with van der Waals surface area (Å²) < 4.78 is 35.9. The molecule has 7 nitrogen and oxygen atoms in total. The third-order valence-electron chi connectivity index (χ3n) is 3.64. The maximum atomic E-state index is 12.1. The van der Waals surface area contributed by atoms with Gasteiger partial charge in [0.05, 0.1) is 11.9 Å². The van der Waals surface area contributed by atoms with Gasteiger partial charge in [-0.3, -0.25) is 9.10 Å². The summed E-state index contributed by atoms with van der Waals surface area (Å²) >= 11 is 0. The van der Waals surface area contributed by atoms with Gasteiger partial charge in [0.2, 0.25) is 22.7 Å². The number of hydrogen-bond donors (Lipinski definition) is 1. The molecule has 1 amide bonds. The molecule has 0 radical (unpaired) electrons. The van der Waals surface area contributed by atoms with E-state index in [0.29, 0.717) is 22.9 Å². The molecule has 0 aliphatic carbocycles. The van der Waals surface area contributed by atoms with Crippen LogP contribution >= 0.6 is 0 Å². The van der Waals surface area contributed by atoms with Crippen molar-refractivity contribution in [2.45, 2.75) is 6.42 Å². The van der Waals surface area contributed by atoms with Crippen LogP contribution in [0.2, 0.25) is 0 Å². The Morgan fingerprint density at radius 3 is 2.56 bits per heavy atom. The van der Waals surface area contributed by atoms with E-state index < -0.39 is 10.0 Å². The number of nitrogens with one attached hydrogen (secondary N) is 1. The van der Waals surface area contributed by atoms with Crippen LogP contribution in [-0.4, -0.2) is 33.9 Å². The Bertz CT molecular complexity index is 868. The van der Waals surface area contributed by atoms with Gasteiger partial charge in [0.15, 0.2) is 11.5 Å². The quantitative estimate of drug-likeness (QED) is 0.852. The molecule has 0 aromatic heterocycles. The molecule has 0 fully saturated rings. The number of ether oxygens (including phenoxy) is 2. The van der Waals surface area contributed by atoms with Crippen molar-refractivity contribution in [3.63, 3.8) is 0 Å². The molecule has 25 heavy (non-hydrogen) atoms. The molecule has 0 saturated carbocycles. The van der Waals surface area contributed by atoms with Gasteiger partial charge in [-0.25, -0.2) is 8.42 Å². The van der Waals surface area contributed by atoms with E-state index in [2.05, 4.69) is 5.32 Å². The van der Waals surface area contributed by atoms with Gasteiger partial charge in [0, 0.05) is 24.7 Å². The predicted octanol–water partition coefficient (Wildman–Crippen LogP) is 2.21. The van der Waals surface area contributed by atoms with Crippen LogP contribution in [0.4, 0.5) is 11.4 Å². The van der Waals surface area contributed by atoms with Gasteiger partial charge in [-0.15, -0.1) is 0 Å². The fourth-order valence-electron chi connectivity index (χ4n) is 2.47. The van der Waals surface area contributed by atoms with E-state index in [1.807, 2.05) is 18.2 Å². The first kappa shape index (κ1) is 17.1. The van der Waals surface area contributed by atoms with E-state index in [0.717, 1.165) is 6.26 Å². The number of anilines is 2. The lowest BCUT2D eigenvalue weighted by Gasteiger charge is -2.22. The van der Waals surface area contributed by atoms with Gasteiger partial charge in [-0.1, -0.05) is 18.2 Å². The van der Waals surface area contributed by atoms with Gasteiger partial charge in [-0.05, 0) is 24.3 Å². The lowest BCUT2D eigenvalue weighted by Crippen LogP contribution is -2.33.